The molecule has 1 heterocycles. The van der Waals surface area contributed by atoms with Crippen LogP contribution in [-0.2, 0) is 0 Å². The first-order chi connectivity index (χ1) is 9.47. The number of thiocarbonyl (C=S) groups is 1. The van der Waals surface area contributed by atoms with E-state index in [1.54, 1.807) is 18.2 Å². The quantitative estimate of drug-likeness (QED) is 0.824. The number of halogens is 1. The summed E-state index contributed by atoms with van der Waals surface area (Å²) in [7, 11) is 0. The molecular weight excluding hydrogens is 294 g/mol. The molecule has 0 aromatic heterocycles. The second-order valence-electron chi connectivity index (χ2n) is 5.18. The zero-order chi connectivity index (χ0) is 14.7. The molecule has 6 heteroatoms. The van der Waals surface area contributed by atoms with Gasteiger partial charge in [-0.3, -0.25) is 0 Å². The van der Waals surface area contributed by atoms with Gasteiger partial charge in [0.25, 0.3) is 0 Å². The summed E-state index contributed by atoms with van der Waals surface area (Å²) in [5, 5.41) is 3.39. The molecule has 0 radical (unpaired) electrons. The molecule has 0 aliphatic carbocycles. The van der Waals surface area contributed by atoms with Gasteiger partial charge in [-0.25, -0.2) is 4.79 Å². The second-order valence-corrected chi connectivity index (χ2v) is 6.05. The van der Waals surface area contributed by atoms with E-state index >= 15 is 0 Å². The highest BCUT2D eigenvalue weighted by Crippen LogP contribution is 2.23. The summed E-state index contributed by atoms with van der Waals surface area (Å²) < 4.78 is 0. The van der Waals surface area contributed by atoms with Crippen LogP contribution in [-0.4, -0.2) is 29.0 Å². The van der Waals surface area contributed by atoms with Crippen LogP contribution in [0.25, 0.3) is 0 Å². The van der Waals surface area contributed by atoms with Gasteiger partial charge in [-0.2, -0.15) is 0 Å². The number of nitrogens with zero attached hydrogens (tertiary/aromatic N) is 1. The van der Waals surface area contributed by atoms with Crippen molar-refractivity contribution in [1.29, 1.82) is 0 Å². The minimum absolute atomic E-state index is 0.128. The van der Waals surface area contributed by atoms with E-state index in [-0.39, 0.29) is 11.0 Å². The van der Waals surface area contributed by atoms with Crippen molar-refractivity contribution in [2.24, 2.45) is 11.7 Å². The average Bonchev–Trinajstić information content (AvgIpc) is 2.38. The van der Waals surface area contributed by atoms with Gasteiger partial charge < -0.3 is 16.0 Å². The van der Waals surface area contributed by atoms with Crippen LogP contribution >= 0.6 is 23.8 Å². The Morgan fingerprint density at radius 3 is 2.95 bits per heavy atom. The molecule has 2 amide bonds. The molecule has 4 nitrogen and oxygen atoms in total. The summed E-state index contributed by atoms with van der Waals surface area (Å²) in [4.78, 5) is 14.3. The highest BCUT2D eigenvalue weighted by atomic mass is 35.5. The van der Waals surface area contributed by atoms with Gasteiger partial charge in [0.05, 0.1) is 5.69 Å². The number of anilines is 1. The van der Waals surface area contributed by atoms with E-state index in [0.29, 0.717) is 22.2 Å². The van der Waals surface area contributed by atoms with E-state index in [4.69, 9.17) is 29.6 Å². The topological polar surface area (TPSA) is 58.4 Å². The standard InChI is InChI=1S/C14H18ClN3OS/c1-9-3-2-6-18(8-9)14(19)17-12-7-10(15)4-5-11(12)13(16)20/h4-5,7,9H,2-3,6,8H2,1H3,(H2,16,20)(H,17,19). The van der Waals surface area contributed by atoms with Crippen molar-refractivity contribution in [2.45, 2.75) is 19.8 Å². The number of benzene rings is 1. The summed E-state index contributed by atoms with van der Waals surface area (Å²) in [6.45, 7) is 3.70. The zero-order valence-electron chi connectivity index (χ0n) is 11.4. The number of carbonyl (C=O) groups excluding carboxylic acids is 1. The number of nitrogens with two attached hydrogens (primary N) is 1. The minimum atomic E-state index is -0.128. The maximum Gasteiger partial charge on any atom is 0.321 e. The Kier molecular flexibility index (Phi) is 4.83. The van der Waals surface area contributed by atoms with Crippen LogP contribution in [0, 0.1) is 5.92 Å². The molecule has 1 aromatic rings. The van der Waals surface area contributed by atoms with Gasteiger partial charge in [0.2, 0.25) is 0 Å². The smallest absolute Gasteiger partial charge is 0.321 e. The largest absolute Gasteiger partial charge is 0.389 e. The maximum atomic E-state index is 12.3. The Balaban J connectivity index is 2.14. The van der Waals surface area contributed by atoms with Crippen LogP contribution in [0.4, 0.5) is 10.5 Å². The van der Waals surface area contributed by atoms with Gasteiger partial charge >= 0.3 is 6.03 Å². The van der Waals surface area contributed by atoms with Crippen molar-refractivity contribution >= 4 is 40.5 Å². The number of likely N-dealkylation sites (tertiary alicyclic amines) is 1. The van der Waals surface area contributed by atoms with E-state index in [9.17, 15) is 4.79 Å². The third-order valence-electron chi connectivity index (χ3n) is 3.43. The number of nitrogens with one attached hydrogen (secondary N) is 1. The van der Waals surface area contributed by atoms with Gasteiger partial charge in [-0.15, -0.1) is 0 Å². The highest BCUT2D eigenvalue weighted by Gasteiger charge is 2.21. The number of hydrogen-bond donors (Lipinski definition) is 2. The third kappa shape index (κ3) is 3.61. The van der Waals surface area contributed by atoms with Crippen LogP contribution in [0.5, 0.6) is 0 Å². The van der Waals surface area contributed by atoms with Gasteiger partial charge in [0, 0.05) is 23.7 Å². The SMILES string of the molecule is CC1CCCN(C(=O)Nc2cc(Cl)ccc2C(N)=S)C1. The Morgan fingerprint density at radius 2 is 2.30 bits per heavy atom. The first-order valence-electron chi connectivity index (χ1n) is 6.62. The summed E-state index contributed by atoms with van der Waals surface area (Å²) in [6, 6.07) is 4.96. The Morgan fingerprint density at radius 1 is 1.55 bits per heavy atom. The second kappa shape index (κ2) is 6.41. The fourth-order valence-electron chi connectivity index (χ4n) is 2.40. The lowest BCUT2D eigenvalue weighted by atomic mass is 10.0. The fourth-order valence-corrected chi connectivity index (χ4v) is 2.75. The third-order valence-corrected chi connectivity index (χ3v) is 3.89. The summed E-state index contributed by atoms with van der Waals surface area (Å²) in [5.74, 6) is 0.531. The van der Waals surface area contributed by atoms with Crippen molar-refractivity contribution in [3.8, 4) is 0 Å². The van der Waals surface area contributed by atoms with E-state index in [2.05, 4.69) is 12.2 Å². The minimum Gasteiger partial charge on any atom is -0.389 e. The number of rotatable bonds is 2. The fraction of sp³-hybridized carbons (Fsp3) is 0.429. The number of amides is 2. The molecule has 2 rings (SSSR count). The Bertz CT molecular complexity index is 535. The first-order valence-corrected chi connectivity index (χ1v) is 7.41. The van der Waals surface area contributed by atoms with Crippen LogP contribution in [0.2, 0.25) is 5.02 Å². The number of urea groups is 1. The van der Waals surface area contributed by atoms with Crippen molar-refractivity contribution in [3.05, 3.63) is 28.8 Å². The van der Waals surface area contributed by atoms with Crippen molar-refractivity contribution in [1.82, 2.24) is 4.90 Å². The van der Waals surface area contributed by atoms with Gasteiger partial charge in [-0.05, 0) is 37.0 Å². The van der Waals surface area contributed by atoms with Crippen molar-refractivity contribution < 1.29 is 4.79 Å². The van der Waals surface area contributed by atoms with Gasteiger partial charge in [-0.1, -0.05) is 30.7 Å². The van der Waals surface area contributed by atoms with E-state index < -0.39 is 0 Å². The molecule has 0 spiro atoms. The molecule has 3 N–H and O–H groups in total. The van der Waals surface area contributed by atoms with Crippen LogP contribution in [0.15, 0.2) is 18.2 Å². The van der Waals surface area contributed by atoms with Crippen LogP contribution in [0.1, 0.15) is 25.3 Å². The molecule has 0 bridgehead atoms. The molecule has 108 valence electrons. The Labute approximate surface area is 129 Å². The lowest BCUT2D eigenvalue weighted by Gasteiger charge is -2.31. The summed E-state index contributed by atoms with van der Waals surface area (Å²) >= 11 is 11.0. The maximum absolute atomic E-state index is 12.3. The molecule has 1 fully saturated rings. The molecule has 0 saturated carbocycles. The molecule has 1 aromatic carbocycles. The molecule has 1 unspecified atom stereocenters. The normalized spacial score (nSPS) is 18.7. The molecule has 1 aliphatic rings. The van der Waals surface area contributed by atoms with E-state index in [1.807, 2.05) is 4.90 Å². The molecule has 20 heavy (non-hydrogen) atoms. The van der Waals surface area contributed by atoms with Gasteiger partial charge in [0.1, 0.15) is 4.99 Å². The molecule has 1 atom stereocenters. The van der Waals surface area contributed by atoms with E-state index in [0.717, 1.165) is 19.5 Å². The zero-order valence-corrected chi connectivity index (χ0v) is 12.9. The van der Waals surface area contributed by atoms with Crippen LogP contribution < -0.4 is 11.1 Å². The lowest BCUT2D eigenvalue weighted by Crippen LogP contribution is -2.41. The van der Waals surface area contributed by atoms with Crippen molar-refractivity contribution in [2.75, 3.05) is 18.4 Å². The summed E-state index contributed by atoms with van der Waals surface area (Å²) in [5.41, 5.74) is 6.86. The monoisotopic (exact) mass is 311 g/mol. The van der Waals surface area contributed by atoms with E-state index in [1.165, 1.54) is 6.42 Å². The van der Waals surface area contributed by atoms with Gasteiger partial charge in [0.15, 0.2) is 0 Å². The number of hydrogen-bond acceptors (Lipinski definition) is 2. The average molecular weight is 312 g/mol. The highest BCUT2D eigenvalue weighted by molar-refractivity contribution is 7.80. The number of piperidine rings is 1. The molecule has 1 saturated heterocycles. The van der Waals surface area contributed by atoms with Crippen molar-refractivity contribution in [3.63, 3.8) is 0 Å². The predicted octanol–water partition coefficient (Wildman–Crippen LogP) is 3.24. The predicted molar refractivity (Wildman–Crippen MR) is 86.3 cm³/mol. The number of carbonyl (C=O) groups is 1. The lowest BCUT2D eigenvalue weighted by molar-refractivity contribution is 0.182. The summed E-state index contributed by atoms with van der Waals surface area (Å²) in [6.07, 6.45) is 2.20. The van der Waals surface area contributed by atoms with Crippen LogP contribution in [0.3, 0.4) is 0 Å². The molecule has 1 aliphatic heterocycles. The Hall–Kier alpha value is -1.33. The molecular formula is C14H18ClN3OS. The first kappa shape index (κ1) is 15.1.